The van der Waals surface area contributed by atoms with Crippen LogP contribution in [0.25, 0.3) is 11.3 Å². The maximum absolute atomic E-state index is 12.9. The van der Waals surface area contributed by atoms with Gasteiger partial charge in [0.05, 0.1) is 11.6 Å². The molecular weight excluding hydrogens is 366 g/mol. The molecule has 148 valence electrons. The summed E-state index contributed by atoms with van der Waals surface area (Å²) < 4.78 is 0. The van der Waals surface area contributed by atoms with Crippen molar-refractivity contribution in [2.45, 2.75) is 19.4 Å². The van der Waals surface area contributed by atoms with Crippen LogP contribution in [0.5, 0.6) is 0 Å². The number of aromatic amines is 1. The fourth-order valence-electron chi connectivity index (χ4n) is 3.58. The molecule has 1 aliphatic rings. The summed E-state index contributed by atoms with van der Waals surface area (Å²) in [4.78, 5) is 31.2. The Morgan fingerprint density at radius 1 is 1.14 bits per heavy atom. The lowest BCUT2D eigenvalue weighted by atomic mass is 9.96. The number of carbonyl (C=O) groups is 2. The van der Waals surface area contributed by atoms with Crippen LogP contribution in [0.1, 0.15) is 28.9 Å². The molecule has 4 rings (SSSR count). The smallest absolute Gasteiger partial charge is 0.271 e. The molecule has 2 N–H and O–H groups in total. The van der Waals surface area contributed by atoms with Crippen LogP contribution < -0.4 is 5.32 Å². The SMILES string of the molecule is O=C(NCc1ccccc1)[C@H]1CCCN(C(=O)c2cc(-c3ccncc3)n[nH]2)C1. The van der Waals surface area contributed by atoms with E-state index in [1.54, 1.807) is 23.4 Å². The van der Waals surface area contributed by atoms with E-state index in [4.69, 9.17) is 0 Å². The molecule has 7 heteroatoms. The molecule has 0 radical (unpaired) electrons. The molecule has 0 spiro atoms. The van der Waals surface area contributed by atoms with E-state index in [0.717, 1.165) is 24.0 Å². The highest BCUT2D eigenvalue weighted by Gasteiger charge is 2.29. The molecule has 29 heavy (non-hydrogen) atoms. The molecule has 0 bridgehead atoms. The van der Waals surface area contributed by atoms with Gasteiger partial charge in [-0.15, -0.1) is 0 Å². The minimum Gasteiger partial charge on any atom is -0.352 e. The fraction of sp³-hybridized carbons (Fsp3) is 0.273. The summed E-state index contributed by atoms with van der Waals surface area (Å²) >= 11 is 0. The zero-order valence-electron chi connectivity index (χ0n) is 16.0. The lowest BCUT2D eigenvalue weighted by Crippen LogP contribution is -2.45. The largest absolute Gasteiger partial charge is 0.352 e. The Kier molecular flexibility index (Phi) is 5.65. The molecule has 0 unspecified atom stereocenters. The molecule has 1 aliphatic heterocycles. The number of nitrogens with zero attached hydrogens (tertiary/aromatic N) is 3. The average Bonchev–Trinajstić information content (AvgIpc) is 3.29. The molecule has 1 fully saturated rings. The van der Waals surface area contributed by atoms with Crippen LogP contribution >= 0.6 is 0 Å². The van der Waals surface area contributed by atoms with E-state index in [9.17, 15) is 9.59 Å². The second-order valence-electron chi connectivity index (χ2n) is 7.20. The van der Waals surface area contributed by atoms with Gasteiger partial charge in [-0.05, 0) is 36.6 Å². The minimum absolute atomic E-state index is 0.00608. The number of nitrogens with one attached hydrogen (secondary N) is 2. The van der Waals surface area contributed by atoms with E-state index < -0.39 is 0 Å². The predicted molar refractivity (Wildman–Crippen MR) is 109 cm³/mol. The number of hydrogen-bond donors (Lipinski definition) is 2. The maximum Gasteiger partial charge on any atom is 0.271 e. The van der Waals surface area contributed by atoms with Crippen LogP contribution in [0, 0.1) is 5.92 Å². The first-order valence-electron chi connectivity index (χ1n) is 9.77. The van der Waals surface area contributed by atoms with Gasteiger partial charge in [-0.1, -0.05) is 30.3 Å². The number of carbonyl (C=O) groups excluding carboxylic acids is 2. The van der Waals surface area contributed by atoms with E-state index in [0.29, 0.717) is 31.0 Å². The van der Waals surface area contributed by atoms with Gasteiger partial charge in [0, 0.05) is 37.6 Å². The molecule has 1 saturated heterocycles. The highest BCUT2D eigenvalue weighted by molar-refractivity contribution is 5.94. The molecule has 3 aromatic rings. The monoisotopic (exact) mass is 389 g/mol. The summed E-state index contributed by atoms with van der Waals surface area (Å²) in [6.07, 6.45) is 4.97. The molecule has 2 amide bonds. The summed E-state index contributed by atoms with van der Waals surface area (Å²) in [5.74, 6) is -0.328. The van der Waals surface area contributed by atoms with E-state index in [1.165, 1.54) is 0 Å². The average molecular weight is 389 g/mol. The van der Waals surface area contributed by atoms with Crippen LogP contribution in [0.2, 0.25) is 0 Å². The van der Waals surface area contributed by atoms with Crippen LogP contribution in [0.15, 0.2) is 60.9 Å². The van der Waals surface area contributed by atoms with Crippen molar-refractivity contribution in [3.63, 3.8) is 0 Å². The maximum atomic E-state index is 12.9. The number of aromatic nitrogens is 3. The van der Waals surface area contributed by atoms with Crippen molar-refractivity contribution in [1.82, 2.24) is 25.4 Å². The lowest BCUT2D eigenvalue weighted by Gasteiger charge is -2.31. The summed E-state index contributed by atoms with van der Waals surface area (Å²) in [5, 5.41) is 10.1. The van der Waals surface area contributed by atoms with Crippen molar-refractivity contribution in [3.8, 4) is 11.3 Å². The van der Waals surface area contributed by atoms with Crippen LogP contribution in [-0.2, 0) is 11.3 Å². The third-order valence-corrected chi connectivity index (χ3v) is 5.17. The number of piperidine rings is 1. The molecule has 7 nitrogen and oxygen atoms in total. The van der Waals surface area contributed by atoms with Gasteiger partial charge in [0.2, 0.25) is 5.91 Å². The van der Waals surface area contributed by atoms with Gasteiger partial charge in [-0.25, -0.2) is 0 Å². The van der Waals surface area contributed by atoms with Crippen LogP contribution in [-0.4, -0.2) is 45.0 Å². The topological polar surface area (TPSA) is 91.0 Å². The standard InChI is InChI=1S/C22H23N5O2/c28-21(24-14-16-5-2-1-3-6-16)18-7-4-12-27(15-18)22(29)20-13-19(25-26-20)17-8-10-23-11-9-17/h1-3,5-6,8-11,13,18H,4,7,12,14-15H2,(H,24,28)(H,25,26)/t18-/m0/s1. The third kappa shape index (κ3) is 4.51. The summed E-state index contributed by atoms with van der Waals surface area (Å²) in [7, 11) is 0. The van der Waals surface area contributed by atoms with Crippen molar-refractivity contribution < 1.29 is 9.59 Å². The number of hydrogen-bond acceptors (Lipinski definition) is 4. The van der Waals surface area contributed by atoms with Crippen molar-refractivity contribution in [2.24, 2.45) is 5.92 Å². The molecule has 0 saturated carbocycles. The third-order valence-electron chi connectivity index (χ3n) is 5.17. The van der Waals surface area contributed by atoms with Crippen molar-refractivity contribution >= 4 is 11.8 Å². The first-order chi connectivity index (χ1) is 14.2. The highest BCUT2D eigenvalue weighted by atomic mass is 16.2. The Balaban J connectivity index is 1.37. The quantitative estimate of drug-likeness (QED) is 0.702. The van der Waals surface area contributed by atoms with Crippen molar-refractivity contribution in [3.05, 3.63) is 72.2 Å². The molecular formula is C22H23N5O2. The van der Waals surface area contributed by atoms with Crippen LogP contribution in [0.3, 0.4) is 0 Å². The fourth-order valence-corrected chi connectivity index (χ4v) is 3.58. The Morgan fingerprint density at radius 3 is 2.72 bits per heavy atom. The Labute approximate surface area is 169 Å². The summed E-state index contributed by atoms with van der Waals surface area (Å²) in [6, 6.07) is 15.3. The normalized spacial score (nSPS) is 16.4. The zero-order chi connectivity index (χ0) is 20.1. The van der Waals surface area contributed by atoms with Crippen LogP contribution in [0.4, 0.5) is 0 Å². The van der Waals surface area contributed by atoms with Gasteiger partial charge >= 0.3 is 0 Å². The number of benzene rings is 1. The molecule has 0 aliphatic carbocycles. The zero-order valence-corrected chi connectivity index (χ0v) is 16.0. The molecule has 2 aromatic heterocycles. The van der Waals surface area contributed by atoms with Gasteiger partial charge in [0.15, 0.2) is 0 Å². The Bertz CT molecular complexity index is 971. The molecule has 1 atom stereocenters. The lowest BCUT2D eigenvalue weighted by molar-refractivity contribution is -0.126. The van der Waals surface area contributed by atoms with Gasteiger partial charge in [-0.2, -0.15) is 5.10 Å². The second kappa shape index (κ2) is 8.68. The van der Waals surface area contributed by atoms with E-state index >= 15 is 0 Å². The van der Waals surface area contributed by atoms with Crippen molar-refractivity contribution in [1.29, 1.82) is 0 Å². The van der Waals surface area contributed by atoms with E-state index in [-0.39, 0.29) is 17.7 Å². The van der Waals surface area contributed by atoms with E-state index in [1.807, 2.05) is 42.5 Å². The minimum atomic E-state index is -0.195. The van der Waals surface area contributed by atoms with Gasteiger partial charge in [-0.3, -0.25) is 19.7 Å². The van der Waals surface area contributed by atoms with Gasteiger partial charge < -0.3 is 10.2 Å². The summed E-state index contributed by atoms with van der Waals surface area (Å²) in [6.45, 7) is 1.56. The number of pyridine rings is 1. The highest BCUT2D eigenvalue weighted by Crippen LogP contribution is 2.21. The predicted octanol–water partition coefficient (Wildman–Crippen LogP) is 2.64. The number of likely N-dealkylation sites (tertiary alicyclic amines) is 1. The first-order valence-corrected chi connectivity index (χ1v) is 9.77. The van der Waals surface area contributed by atoms with E-state index in [2.05, 4.69) is 20.5 Å². The number of H-pyrrole nitrogens is 1. The number of rotatable bonds is 5. The first kappa shape index (κ1) is 18.9. The summed E-state index contributed by atoms with van der Waals surface area (Å²) in [5.41, 5.74) is 3.09. The molecule has 3 heterocycles. The van der Waals surface area contributed by atoms with Gasteiger partial charge in [0.25, 0.3) is 5.91 Å². The second-order valence-corrected chi connectivity index (χ2v) is 7.20. The molecule has 1 aromatic carbocycles. The number of amides is 2. The van der Waals surface area contributed by atoms with Crippen molar-refractivity contribution in [2.75, 3.05) is 13.1 Å². The Hall–Kier alpha value is -3.48. The van der Waals surface area contributed by atoms with Gasteiger partial charge in [0.1, 0.15) is 5.69 Å². The Morgan fingerprint density at radius 2 is 1.93 bits per heavy atom.